The van der Waals surface area contributed by atoms with Crippen LogP contribution in [0.2, 0.25) is 0 Å². The van der Waals surface area contributed by atoms with Gasteiger partial charge in [-0.3, -0.25) is 0 Å². The maximum Gasteiger partial charge on any atom is 0.350 e. The quantitative estimate of drug-likeness (QED) is 0.558. The van der Waals surface area contributed by atoms with Crippen LogP contribution in [0.25, 0.3) is 11.0 Å². The van der Waals surface area contributed by atoms with E-state index in [4.69, 9.17) is 9.15 Å². The van der Waals surface area contributed by atoms with Gasteiger partial charge in [-0.15, -0.1) is 0 Å². The molecule has 4 heteroatoms. The minimum absolute atomic E-state index is 0.335. The lowest BCUT2D eigenvalue weighted by molar-refractivity contribution is 0.326. The number of halogens is 1. The first-order valence-electron chi connectivity index (χ1n) is 8.43. The van der Waals surface area contributed by atoms with Crippen LogP contribution < -0.4 is 10.4 Å². The molecule has 3 nitrogen and oxygen atoms in total. The van der Waals surface area contributed by atoms with Crippen LogP contribution in [0.4, 0.5) is 0 Å². The fourth-order valence-corrected chi connectivity index (χ4v) is 3.03. The molecular weight excluding hydrogens is 356 g/mol. The van der Waals surface area contributed by atoms with Crippen molar-refractivity contribution < 1.29 is 9.15 Å². The van der Waals surface area contributed by atoms with Gasteiger partial charge in [0.1, 0.15) is 15.8 Å². The Morgan fingerprint density at radius 1 is 1.17 bits per heavy atom. The molecule has 0 saturated carbocycles. The topological polar surface area (TPSA) is 39.4 Å². The summed E-state index contributed by atoms with van der Waals surface area (Å²) in [5, 5.41) is 0.992. The van der Waals surface area contributed by atoms with Crippen molar-refractivity contribution in [2.24, 2.45) is 0 Å². The summed E-state index contributed by atoms with van der Waals surface area (Å²) in [4.78, 5) is 11.8. The normalized spacial score (nSPS) is 15.0. The van der Waals surface area contributed by atoms with E-state index in [-0.39, 0.29) is 5.63 Å². The zero-order valence-corrected chi connectivity index (χ0v) is 16.8. The summed E-state index contributed by atoms with van der Waals surface area (Å²) in [5.74, 6) is 1.33. The summed E-state index contributed by atoms with van der Waals surface area (Å²) in [5.41, 5.74) is 3.39. The third kappa shape index (κ3) is 3.47. The molecule has 128 valence electrons. The Balaban J connectivity index is 0.000000615. The van der Waals surface area contributed by atoms with E-state index < -0.39 is 0 Å². The van der Waals surface area contributed by atoms with Crippen molar-refractivity contribution in [3.63, 3.8) is 0 Å². The molecule has 1 aromatic heterocycles. The minimum atomic E-state index is -0.335. The summed E-state index contributed by atoms with van der Waals surface area (Å²) < 4.78 is 11.7. The first-order chi connectivity index (χ1) is 11.0. The standard InChI is InChI=1S/C15H15BrO3.2C2H6/c1-4-9-6-18-13-8(3)14-10(5-11(9)13)7(2)12(16)15(17)19-14;2*1-2/h5,9H,4,6H2,1-3H3;2*1-2H3. The number of fused-ring (bicyclic) bond motifs is 2. The monoisotopic (exact) mass is 382 g/mol. The maximum absolute atomic E-state index is 11.8. The summed E-state index contributed by atoms with van der Waals surface area (Å²) in [6.45, 7) is 14.8. The van der Waals surface area contributed by atoms with E-state index >= 15 is 0 Å². The van der Waals surface area contributed by atoms with Crippen LogP contribution >= 0.6 is 15.9 Å². The van der Waals surface area contributed by atoms with Crippen LogP contribution in [-0.2, 0) is 0 Å². The minimum Gasteiger partial charge on any atom is -0.492 e. The van der Waals surface area contributed by atoms with Crippen molar-refractivity contribution in [2.75, 3.05) is 6.61 Å². The summed E-state index contributed by atoms with van der Waals surface area (Å²) >= 11 is 3.30. The fourth-order valence-electron chi connectivity index (χ4n) is 2.73. The van der Waals surface area contributed by atoms with Crippen molar-refractivity contribution >= 4 is 26.9 Å². The predicted molar refractivity (Wildman–Crippen MR) is 101 cm³/mol. The maximum atomic E-state index is 11.8. The molecule has 0 bridgehead atoms. The van der Waals surface area contributed by atoms with Gasteiger partial charge in [0.05, 0.1) is 6.61 Å². The first-order valence-corrected chi connectivity index (χ1v) is 9.23. The number of benzene rings is 1. The van der Waals surface area contributed by atoms with E-state index in [0.29, 0.717) is 22.6 Å². The zero-order chi connectivity index (χ0) is 17.7. The molecule has 1 aliphatic heterocycles. The predicted octanol–water partition coefficient (Wildman–Crippen LogP) is 6.11. The van der Waals surface area contributed by atoms with Crippen molar-refractivity contribution in [2.45, 2.75) is 60.8 Å². The Kier molecular flexibility index (Phi) is 7.33. The highest BCUT2D eigenvalue weighted by Gasteiger charge is 2.27. The van der Waals surface area contributed by atoms with Gasteiger partial charge < -0.3 is 9.15 Å². The Bertz CT molecular complexity index is 732. The Hall–Kier alpha value is -1.29. The van der Waals surface area contributed by atoms with Crippen LogP contribution in [0.3, 0.4) is 0 Å². The molecule has 1 unspecified atom stereocenters. The molecule has 0 radical (unpaired) electrons. The molecule has 0 spiro atoms. The molecule has 3 rings (SSSR count). The lowest BCUT2D eigenvalue weighted by Crippen LogP contribution is -2.04. The molecule has 1 atom stereocenters. The Morgan fingerprint density at radius 3 is 2.35 bits per heavy atom. The number of hydrogen-bond acceptors (Lipinski definition) is 3. The summed E-state index contributed by atoms with van der Waals surface area (Å²) in [7, 11) is 0. The van der Waals surface area contributed by atoms with E-state index in [1.54, 1.807) is 0 Å². The van der Waals surface area contributed by atoms with Crippen molar-refractivity contribution in [1.82, 2.24) is 0 Å². The van der Waals surface area contributed by atoms with Crippen molar-refractivity contribution in [3.8, 4) is 5.75 Å². The molecule has 0 saturated heterocycles. The number of ether oxygens (including phenoxy) is 1. The molecule has 23 heavy (non-hydrogen) atoms. The van der Waals surface area contributed by atoms with Gasteiger partial charge in [0, 0.05) is 22.4 Å². The van der Waals surface area contributed by atoms with E-state index in [0.717, 1.165) is 28.7 Å². The largest absolute Gasteiger partial charge is 0.492 e. The summed E-state index contributed by atoms with van der Waals surface area (Å²) in [6, 6.07) is 2.11. The van der Waals surface area contributed by atoms with E-state index in [2.05, 4.69) is 28.9 Å². The third-order valence-corrected chi connectivity index (χ3v) is 4.88. The summed E-state index contributed by atoms with van der Waals surface area (Å²) in [6.07, 6.45) is 1.05. The molecule has 0 aliphatic carbocycles. The van der Waals surface area contributed by atoms with Gasteiger partial charge in [-0.1, -0.05) is 34.6 Å². The van der Waals surface area contributed by atoms with Gasteiger partial charge in [0.15, 0.2) is 0 Å². The van der Waals surface area contributed by atoms with Gasteiger partial charge in [-0.05, 0) is 47.8 Å². The SMILES string of the molecule is CC.CC.CCC1COc2c1cc1c(C)c(Br)c(=O)oc1c2C. The van der Waals surface area contributed by atoms with Gasteiger partial charge >= 0.3 is 5.63 Å². The molecule has 0 amide bonds. The third-order valence-electron chi connectivity index (χ3n) is 3.96. The lowest BCUT2D eigenvalue weighted by atomic mass is 9.94. The van der Waals surface area contributed by atoms with Crippen LogP contribution in [0.5, 0.6) is 5.75 Å². The number of aryl methyl sites for hydroxylation is 2. The zero-order valence-electron chi connectivity index (χ0n) is 15.2. The lowest BCUT2D eigenvalue weighted by Gasteiger charge is -2.11. The van der Waals surface area contributed by atoms with Crippen molar-refractivity contribution in [3.05, 3.63) is 37.6 Å². The smallest absolute Gasteiger partial charge is 0.350 e. The van der Waals surface area contributed by atoms with E-state index in [9.17, 15) is 4.79 Å². The highest BCUT2D eigenvalue weighted by Crippen LogP contribution is 2.42. The molecular formula is C19H27BrO3. The molecule has 2 heterocycles. The molecule has 2 aromatic rings. The van der Waals surface area contributed by atoms with Crippen molar-refractivity contribution in [1.29, 1.82) is 0 Å². The molecule has 0 N–H and O–H groups in total. The van der Waals surface area contributed by atoms with Crippen LogP contribution in [0.1, 0.15) is 63.6 Å². The van der Waals surface area contributed by atoms with Gasteiger partial charge in [-0.25, -0.2) is 4.79 Å². The number of rotatable bonds is 1. The molecule has 1 aliphatic rings. The Morgan fingerprint density at radius 2 is 1.78 bits per heavy atom. The number of hydrogen-bond donors (Lipinski definition) is 0. The highest BCUT2D eigenvalue weighted by molar-refractivity contribution is 9.10. The van der Waals surface area contributed by atoms with Crippen LogP contribution in [-0.4, -0.2) is 6.61 Å². The van der Waals surface area contributed by atoms with Gasteiger partial charge in [-0.2, -0.15) is 0 Å². The molecule has 0 fully saturated rings. The van der Waals surface area contributed by atoms with Crippen LogP contribution in [0.15, 0.2) is 19.8 Å². The van der Waals surface area contributed by atoms with Gasteiger partial charge in [0.2, 0.25) is 0 Å². The van der Waals surface area contributed by atoms with E-state index in [1.165, 1.54) is 5.56 Å². The van der Waals surface area contributed by atoms with Gasteiger partial charge in [0.25, 0.3) is 0 Å². The average Bonchev–Trinajstić information content (AvgIpc) is 3.01. The van der Waals surface area contributed by atoms with E-state index in [1.807, 2.05) is 41.5 Å². The fraction of sp³-hybridized carbons (Fsp3) is 0.526. The average molecular weight is 383 g/mol. The first kappa shape index (κ1) is 19.8. The second-order valence-electron chi connectivity index (χ2n) is 5.04. The Labute approximate surface area is 147 Å². The second kappa shape index (κ2) is 8.53. The highest BCUT2D eigenvalue weighted by atomic mass is 79.9. The molecule has 1 aromatic carbocycles. The second-order valence-corrected chi connectivity index (χ2v) is 5.83. The van der Waals surface area contributed by atoms with Crippen LogP contribution in [0, 0.1) is 13.8 Å².